The Hall–Kier alpha value is -3.98. The number of carbonyl (C=O) groups is 1. The van der Waals surface area contributed by atoms with Gasteiger partial charge in [-0.15, -0.1) is 6.42 Å². The number of hydrogen-bond donors (Lipinski definition) is 2. The summed E-state index contributed by atoms with van der Waals surface area (Å²) in [6.45, 7) is 0. The number of benzene rings is 2. The lowest BCUT2D eigenvalue weighted by Crippen LogP contribution is -2.08. The summed E-state index contributed by atoms with van der Waals surface area (Å²) in [5, 5.41) is 7.74. The minimum atomic E-state index is -0.501. The number of aromatic nitrogens is 3. The summed E-state index contributed by atoms with van der Waals surface area (Å²) in [5.74, 6) is 2.17. The zero-order valence-corrected chi connectivity index (χ0v) is 13.6. The van der Waals surface area contributed by atoms with Gasteiger partial charge < -0.3 is 10.6 Å². The number of pyridine rings is 1. The lowest BCUT2D eigenvalue weighted by molar-refractivity contribution is -0.111. The molecule has 4 aromatic rings. The van der Waals surface area contributed by atoms with Crippen molar-refractivity contribution in [3.05, 3.63) is 61.1 Å². The zero-order chi connectivity index (χ0) is 17.9. The van der Waals surface area contributed by atoms with Crippen molar-refractivity contribution in [2.24, 2.45) is 0 Å². The number of nitrogens with zero attached hydrogens (tertiary/aromatic N) is 3. The molecule has 6 nitrogen and oxygen atoms in total. The van der Waals surface area contributed by atoms with Crippen LogP contribution >= 0.6 is 0 Å². The van der Waals surface area contributed by atoms with Crippen LogP contribution in [-0.2, 0) is 4.79 Å². The van der Waals surface area contributed by atoms with Gasteiger partial charge in [0.2, 0.25) is 0 Å². The molecule has 2 heterocycles. The number of anilines is 3. The standard InChI is InChI=1S/C20H13N5O/c1-2-19(26)24-14-7-8-16-18(10-14)22-12-23-20(16)25-15-9-13-5-3-4-6-17(13)21-11-15/h1,3-12H,(H,24,26)(H,22,23,25). The summed E-state index contributed by atoms with van der Waals surface area (Å²) < 4.78 is 0. The van der Waals surface area contributed by atoms with E-state index < -0.39 is 5.91 Å². The molecule has 6 heteroatoms. The minimum Gasteiger partial charge on any atom is -0.338 e. The molecule has 4 rings (SSSR count). The van der Waals surface area contributed by atoms with Crippen molar-refractivity contribution in [3.8, 4) is 12.3 Å². The van der Waals surface area contributed by atoms with Gasteiger partial charge in [-0.25, -0.2) is 9.97 Å². The van der Waals surface area contributed by atoms with Crippen LogP contribution in [0.5, 0.6) is 0 Å². The summed E-state index contributed by atoms with van der Waals surface area (Å²) in [7, 11) is 0. The van der Waals surface area contributed by atoms with E-state index in [1.165, 1.54) is 6.33 Å². The topological polar surface area (TPSA) is 79.8 Å². The van der Waals surface area contributed by atoms with Gasteiger partial charge in [0.25, 0.3) is 5.91 Å². The van der Waals surface area contributed by atoms with Crippen LogP contribution in [0.4, 0.5) is 17.2 Å². The fourth-order valence-corrected chi connectivity index (χ4v) is 2.68. The molecule has 2 aromatic carbocycles. The summed E-state index contributed by atoms with van der Waals surface area (Å²) in [5.41, 5.74) is 3.02. The molecule has 0 aliphatic carbocycles. The normalized spacial score (nSPS) is 10.4. The van der Waals surface area contributed by atoms with Crippen molar-refractivity contribution < 1.29 is 4.79 Å². The van der Waals surface area contributed by atoms with Gasteiger partial charge in [-0.3, -0.25) is 9.78 Å². The van der Waals surface area contributed by atoms with Gasteiger partial charge in [-0.2, -0.15) is 0 Å². The third-order valence-electron chi connectivity index (χ3n) is 3.88. The molecular weight excluding hydrogens is 326 g/mol. The average molecular weight is 339 g/mol. The van der Waals surface area contributed by atoms with E-state index in [9.17, 15) is 4.79 Å². The maximum absolute atomic E-state index is 11.3. The van der Waals surface area contributed by atoms with Gasteiger partial charge in [0, 0.05) is 16.5 Å². The van der Waals surface area contributed by atoms with Crippen molar-refractivity contribution in [3.63, 3.8) is 0 Å². The van der Waals surface area contributed by atoms with Crippen molar-refractivity contribution in [1.82, 2.24) is 15.0 Å². The number of amides is 1. The van der Waals surface area contributed by atoms with Crippen LogP contribution in [0.2, 0.25) is 0 Å². The molecule has 26 heavy (non-hydrogen) atoms. The third-order valence-corrected chi connectivity index (χ3v) is 3.88. The number of terminal acetylenes is 1. The van der Waals surface area contributed by atoms with E-state index in [2.05, 4.69) is 25.6 Å². The fraction of sp³-hybridized carbons (Fsp3) is 0. The Morgan fingerprint density at radius 2 is 1.85 bits per heavy atom. The maximum atomic E-state index is 11.3. The number of nitrogens with one attached hydrogen (secondary N) is 2. The van der Waals surface area contributed by atoms with Crippen LogP contribution in [0.3, 0.4) is 0 Å². The lowest BCUT2D eigenvalue weighted by atomic mass is 10.2. The number of hydrogen-bond acceptors (Lipinski definition) is 5. The Labute approximate surface area is 149 Å². The second-order valence-electron chi connectivity index (χ2n) is 5.59. The first-order valence-corrected chi connectivity index (χ1v) is 7.87. The van der Waals surface area contributed by atoms with E-state index in [0.717, 1.165) is 22.0 Å². The van der Waals surface area contributed by atoms with Crippen LogP contribution < -0.4 is 10.6 Å². The van der Waals surface area contributed by atoms with E-state index in [1.807, 2.05) is 42.3 Å². The predicted octanol–water partition coefficient (Wildman–Crippen LogP) is 3.49. The van der Waals surface area contributed by atoms with Crippen LogP contribution in [0, 0.1) is 12.3 Å². The van der Waals surface area contributed by atoms with E-state index in [-0.39, 0.29) is 0 Å². The highest BCUT2D eigenvalue weighted by Gasteiger charge is 2.07. The molecule has 0 atom stereocenters. The van der Waals surface area contributed by atoms with E-state index in [0.29, 0.717) is 17.0 Å². The highest BCUT2D eigenvalue weighted by atomic mass is 16.1. The molecule has 1 amide bonds. The monoisotopic (exact) mass is 339 g/mol. The minimum absolute atomic E-state index is 0.501. The average Bonchev–Trinajstić information content (AvgIpc) is 2.68. The maximum Gasteiger partial charge on any atom is 0.300 e. The van der Waals surface area contributed by atoms with Crippen molar-refractivity contribution in [1.29, 1.82) is 0 Å². The Balaban J connectivity index is 1.69. The molecule has 0 unspecified atom stereocenters. The summed E-state index contributed by atoms with van der Waals surface area (Å²) in [6, 6.07) is 15.2. The summed E-state index contributed by atoms with van der Waals surface area (Å²) in [6.07, 6.45) is 8.30. The highest BCUT2D eigenvalue weighted by molar-refractivity contribution is 6.04. The molecule has 2 aromatic heterocycles. The fourth-order valence-electron chi connectivity index (χ4n) is 2.68. The summed E-state index contributed by atoms with van der Waals surface area (Å²) >= 11 is 0. The van der Waals surface area contributed by atoms with Crippen LogP contribution in [0.1, 0.15) is 0 Å². The highest BCUT2D eigenvalue weighted by Crippen LogP contribution is 2.26. The van der Waals surface area contributed by atoms with E-state index in [4.69, 9.17) is 6.42 Å². The first kappa shape index (κ1) is 15.5. The Morgan fingerprint density at radius 1 is 0.962 bits per heavy atom. The van der Waals surface area contributed by atoms with E-state index >= 15 is 0 Å². The van der Waals surface area contributed by atoms with Gasteiger partial charge in [0.05, 0.1) is 22.9 Å². The van der Waals surface area contributed by atoms with Crippen LogP contribution in [0.25, 0.3) is 21.8 Å². The molecule has 0 aliphatic rings. The van der Waals surface area contributed by atoms with Gasteiger partial charge >= 0.3 is 0 Å². The predicted molar refractivity (Wildman–Crippen MR) is 102 cm³/mol. The molecule has 0 radical (unpaired) electrons. The number of carbonyl (C=O) groups excluding carboxylic acids is 1. The third kappa shape index (κ3) is 3.01. The van der Waals surface area contributed by atoms with Gasteiger partial charge in [-0.05, 0) is 36.3 Å². The van der Waals surface area contributed by atoms with Gasteiger partial charge in [-0.1, -0.05) is 18.2 Å². The van der Waals surface area contributed by atoms with Crippen LogP contribution in [-0.4, -0.2) is 20.9 Å². The first-order valence-electron chi connectivity index (χ1n) is 7.87. The quantitative estimate of drug-likeness (QED) is 0.559. The van der Waals surface area contributed by atoms with Crippen molar-refractivity contribution in [2.75, 3.05) is 10.6 Å². The first-order chi connectivity index (χ1) is 12.7. The van der Waals surface area contributed by atoms with Gasteiger partial charge in [0.1, 0.15) is 12.1 Å². The molecule has 0 saturated carbocycles. The Kier molecular flexibility index (Phi) is 3.88. The Bertz CT molecular complexity index is 1180. The van der Waals surface area contributed by atoms with Crippen molar-refractivity contribution in [2.45, 2.75) is 0 Å². The SMILES string of the molecule is C#CC(=O)Nc1ccc2c(Nc3cnc4ccccc4c3)ncnc2c1. The molecule has 124 valence electrons. The van der Waals surface area contributed by atoms with Crippen molar-refractivity contribution >= 4 is 44.9 Å². The largest absolute Gasteiger partial charge is 0.338 e. The van der Waals surface area contributed by atoms with E-state index in [1.54, 1.807) is 18.3 Å². The van der Waals surface area contributed by atoms with Crippen LogP contribution in [0.15, 0.2) is 61.1 Å². The summed E-state index contributed by atoms with van der Waals surface area (Å²) in [4.78, 5) is 24.4. The van der Waals surface area contributed by atoms with Gasteiger partial charge in [0.15, 0.2) is 0 Å². The molecule has 0 saturated heterocycles. The molecular formula is C20H13N5O. The number of fused-ring (bicyclic) bond motifs is 2. The number of para-hydroxylation sites is 1. The molecule has 0 aliphatic heterocycles. The number of rotatable bonds is 3. The smallest absolute Gasteiger partial charge is 0.300 e. The molecule has 0 bridgehead atoms. The second-order valence-corrected chi connectivity index (χ2v) is 5.59. The molecule has 2 N–H and O–H groups in total. The second kappa shape index (κ2) is 6.49. The Morgan fingerprint density at radius 3 is 2.73 bits per heavy atom. The lowest BCUT2D eigenvalue weighted by Gasteiger charge is -2.10. The molecule has 0 fully saturated rings. The molecule has 0 spiro atoms. The zero-order valence-electron chi connectivity index (χ0n) is 13.6.